The Labute approximate surface area is 207 Å². The minimum Gasteiger partial charge on any atom is -0.436 e. The molecule has 2 N–H and O–H groups in total. The van der Waals surface area contributed by atoms with Crippen molar-refractivity contribution in [2.75, 3.05) is 5.32 Å². The van der Waals surface area contributed by atoms with Crippen molar-refractivity contribution in [3.8, 4) is 22.8 Å². The van der Waals surface area contributed by atoms with Gasteiger partial charge in [-0.15, -0.1) is 0 Å². The predicted octanol–water partition coefficient (Wildman–Crippen LogP) is 5.59. The van der Waals surface area contributed by atoms with Gasteiger partial charge in [0.25, 0.3) is 11.8 Å². The molecule has 0 aliphatic rings. The van der Waals surface area contributed by atoms with Crippen molar-refractivity contribution in [1.82, 2.24) is 15.3 Å². The summed E-state index contributed by atoms with van der Waals surface area (Å²) in [5.41, 5.74) is 3.56. The molecule has 0 unspecified atom stereocenters. The highest BCUT2D eigenvalue weighted by atomic mass is 16.4. The molecule has 5 aromatic rings. The van der Waals surface area contributed by atoms with Gasteiger partial charge in [-0.1, -0.05) is 54.6 Å². The molecular weight excluding hydrogens is 452 g/mol. The van der Waals surface area contributed by atoms with Crippen LogP contribution in [0.5, 0.6) is 0 Å². The fraction of sp³-hybridized carbons (Fsp3) is 0.0345. The second-order valence-electron chi connectivity index (χ2n) is 7.98. The van der Waals surface area contributed by atoms with Crippen molar-refractivity contribution in [3.63, 3.8) is 0 Å². The first kappa shape index (κ1) is 22.7. The molecule has 2 heterocycles. The summed E-state index contributed by atoms with van der Waals surface area (Å²) in [6.45, 7) is 0.310. The number of carbonyl (C=O) groups is 2. The van der Waals surface area contributed by atoms with E-state index < -0.39 is 0 Å². The van der Waals surface area contributed by atoms with Crippen LogP contribution in [0.15, 0.2) is 114 Å². The number of carbonyl (C=O) groups excluding carboxylic acids is 2. The summed E-state index contributed by atoms with van der Waals surface area (Å²) in [5.74, 6) is 0.369. The number of anilines is 1. The van der Waals surface area contributed by atoms with Crippen LogP contribution in [0.25, 0.3) is 22.8 Å². The number of hydrogen-bond donors (Lipinski definition) is 2. The number of rotatable bonds is 7. The third-order valence-electron chi connectivity index (χ3n) is 5.50. The first-order chi connectivity index (χ1) is 17.7. The van der Waals surface area contributed by atoms with Gasteiger partial charge in [0.15, 0.2) is 5.76 Å². The third-order valence-corrected chi connectivity index (χ3v) is 5.50. The van der Waals surface area contributed by atoms with Gasteiger partial charge in [0.05, 0.1) is 24.0 Å². The van der Waals surface area contributed by atoms with Crippen molar-refractivity contribution in [1.29, 1.82) is 0 Å². The van der Waals surface area contributed by atoms with E-state index in [1.807, 2.05) is 54.6 Å². The second kappa shape index (κ2) is 10.5. The number of nitrogens with one attached hydrogen (secondary N) is 2. The molecular formula is C29H22N4O3. The van der Waals surface area contributed by atoms with Crippen LogP contribution < -0.4 is 10.6 Å². The lowest BCUT2D eigenvalue weighted by molar-refractivity contribution is 0.0949. The molecule has 5 rings (SSSR count). The monoisotopic (exact) mass is 474 g/mol. The highest BCUT2D eigenvalue weighted by Gasteiger charge is 2.17. The molecule has 0 atom stereocenters. The molecule has 0 bridgehead atoms. The lowest BCUT2D eigenvalue weighted by atomic mass is 10.1. The predicted molar refractivity (Wildman–Crippen MR) is 137 cm³/mol. The molecule has 0 fully saturated rings. The molecule has 0 aliphatic heterocycles. The topological polar surface area (TPSA) is 97.1 Å². The first-order valence-corrected chi connectivity index (χ1v) is 11.4. The Kier molecular flexibility index (Phi) is 6.62. The van der Waals surface area contributed by atoms with Crippen LogP contribution in [0.1, 0.15) is 26.4 Å². The van der Waals surface area contributed by atoms with Crippen molar-refractivity contribution < 1.29 is 14.0 Å². The number of aromatic nitrogens is 2. The normalized spacial score (nSPS) is 10.6. The lowest BCUT2D eigenvalue weighted by Gasteiger charge is -2.10. The van der Waals surface area contributed by atoms with E-state index in [1.165, 1.54) is 0 Å². The van der Waals surface area contributed by atoms with E-state index in [2.05, 4.69) is 20.6 Å². The van der Waals surface area contributed by atoms with E-state index in [9.17, 15) is 9.59 Å². The van der Waals surface area contributed by atoms with Gasteiger partial charge in [0, 0.05) is 28.6 Å². The van der Waals surface area contributed by atoms with Gasteiger partial charge in [0.1, 0.15) is 0 Å². The number of pyridine rings is 1. The summed E-state index contributed by atoms with van der Waals surface area (Å²) < 4.78 is 5.96. The van der Waals surface area contributed by atoms with Crippen LogP contribution >= 0.6 is 0 Å². The zero-order chi connectivity index (χ0) is 24.7. The lowest BCUT2D eigenvalue weighted by Crippen LogP contribution is -2.23. The Bertz CT molecular complexity index is 1500. The van der Waals surface area contributed by atoms with E-state index >= 15 is 0 Å². The first-order valence-electron chi connectivity index (χ1n) is 11.4. The summed E-state index contributed by atoms with van der Waals surface area (Å²) in [7, 11) is 0. The molecule has 36 heavy (non-hydrogen) atoms. The number of benzene rings is 3. The van der Waals surface area contributed by atoms with Gasteiger partial charge in [-0.05, 0) is 42.5 Å². The maximum atomic E-state index is 13.2. The summed E-state index contributed by atoms with van der Waals surface area (Å²) in [6.07, 6.45) is 3.32. The fourth-order valence-corrected chi connectivity index (χ4v) is 3.71. The molecule has 0 spiro atoms. The molecule has 0 saturated heterocycles. The zero-order valence-electron chi connectivity index (χ0n) is 19.2. The number of hydrogen-bond acceptors (Lipinski definition) is 5. The van der Waals surface area contributed by atoms with Crippen LogP contribution in [-0.4, -0.2) is 21.8 Å². The minimum atomic E-state index is -0.337. The highest BCUT2D eigenvalue weighted by molar-refractivity contribution is 6.08. The average molecular weight is 475 g/mol. The summed E-state index contributed by atoms with van der Waals surface area (Å²) >= 11 is 0. The number of nitrogens with zero attached hydrogens (tertiary/aromatic N) is 2. The van der Waals surface area contributed by atoms with Crippen LogP contribution in [-0.2, 0) is 6.54 Å². The molecule has 2 amide bonds. The van der Waals surface area contributed by atoms with Gasteiger partial charge in [-0.25, -0.2) is 4.98 Å². The van der Waals surface area contributed by atoms with Gasteiger partial charge in [-0.3, -0.25) is 14.6 Å². The number of amides is 2. The van der Waals surface area contributed by atoms with Crippen molar-refractivity contribution in [3.05, 3.63) is 126 Å². The van der Waals surface area contributed by atoms with Gasteiger partial charge >= 0.3 is 0 Å². The Morgan fingerprint density at radius 3 is 2.42 bits per heavy atom. The Hall–Kier alpha value is -5.04. The zero-order valence-corrected chi connectivity index (χ0v) is 19.2. The molecule has 0 saturated carbocycles. The van der Waals surface area contributed by atoms with E-state index in [0.717, 1.165) is 11.3 Å². The maximum Gasteiger partial charge on any atom is 0.256 e. The molecule has 2 aromatic heterocycles. The summed E-state index contributed by atoms with van der Waals surface area (Å²) in [4.78, 5) is 34.4. The van der Waals surface area contributed by atoms with Gasteiger partial charge in [0.2, 0.25) is 5.89 Å². The summed E-state index contributed by atoms with van der Waals surface area (Å²) in [5, 5.41) is 5.71. The van der Waals surface area contributed by atoms with Crippen LogP contribution in [0.2, 0.25) is 0 Å². The fourth-order valence-electron chi connectivity index (χ4n) is 3.71. The second-order valence-corrected chi connectivity index (χ2v) is 7.98. The van der Waals surface area contributed by atoms with Crippen LogP contribution in [0.4, 0.5) is 5.69 Å². The molecule has 0 aliphatic carbocycles. The minimum absolute atomic E-state index is 0.259. The smallest absolute Gasteiger partial charge is 0.256 e. The Morgan fingerprint density at radius 1 is 0.778 bits per heavy atom. The highest BCUT2D eigenvalue weighted by Crippen LogP contribution is 2.28. The Balaban J connectivity index is 1.32. The quantitative estimate of drug-likeness (QED) is 0.321. The molecule has 0 radical (unpaired) electrons. The standard InChI is InChI=1S/C29H22N4O3/c34-27(31-18-23-12-6-7-16-30-23)21-11-8-13-22(17-21)33-28(35)24-14-4-5-15-25(24)29-32-19-26(36-29)20-9-2-1-3-10-20/h1-17,19H,18H2,(H,31,34)(H,33,35). The van der Waals surface area contributed by atoms with Gasteiger partial charge < -0.3 is 15.1 Å². The van der Waals surface area contributed by atoms with Crippen molar-refractivity contribution in [2.45, 2.75) is 6.54 Å². The van der Waals surface area contributed by atoms with E-state index in [-0.39, 0.29) is 11.8 Å². The Morgan fingerprint density at radius 2 is 1.58 bits per heavy atom. The van der Waals surface area contributed by atoms with E-state index in [0.29, 0.717) is 40.6 Å². The van der Waals surface area contributed by atoms with E-state index in [1.54, 1.807) is 54.9 Å². The molecule has 7 heteroatoms. The maximum absolute atomic E-state index is 13.2. The summed E-state index contributed by atoms with van der Waals surface area (Å²) in [6, 6.07) is 29.0. The van der Waals surface area contributed by atoms with Crippen molar-refractivity contribution in [2.24, 2.45) is 0 Å². The average Bonchev–Trinajstić information content (AvgIpc) is 3.43. The number of oxazole rings is 1. The SMILES string of the molecule is O=C(NCc1ccccn1)c1cccc(NC(=O)c2ccccc2-c2ncc(-c3ccccc3)o2)c1. The largest absolute Gasteiger partial charge is 0.436 e. The van der Waals surface area contributed by atoms with E-state index in [4.69, 9.17) is 4.42 Å². The molecule has 3 aromatic carbocycles. The molecule has 7 nitrogen and oxygen atoms in total. The van der Waals surface area contributed by atoms with Gasteiger partial charge in [-0.2, -0.15) is 0 Å². The molecule has 176 valence electrons. The van der Waals surface area contributed by atoms with Crippen molar-refractivity contribution >= 4 is 17.5 Å². The van der Waals surface area contributed by atoms with Crippen LogP contribution in [0.3, 0.4) is 0 Å². The van der Waals surface area contributed by atoms with Crippen LogP contribution in [0, 0.1) is 0 Å². The third kappa shape index (κ3) is 5.20.